The number of halogens is 2. The van der Waals surface area contributed by atoms with E-state index in [0.717, 1.165) is 18.9 Å². The number of nitrogens with two attached hydrogens (primary N) is 1. The van der Waals surface area contributed by atoms with Crippen LogP contribution < -0.4 is 15.8 Å². The summed E-state index contributed by atoms with van der Waals surface area (Å²) in [6.45, 7) is 4.24. The van der Waals surface area contributed by atoms with Crippen LogP contribution in [-0.4, -0.2) is 26.4 Å². The molecule has 0 aromatic heterocycles. The first-order chi connectivity index (χ1) is 12.7. The number of benzene rings is 2. The van der Waals surface area contributed by atoms with Gasteiger partial charge >= 0.3 is 0 Å². The lowest BCUT2D eigenvalue weighted by molar-refractivity contribution is 0.0942. The van der Waals surface area contributed by atoms with Crippen LogP contribution in [-0.2, 0) is 10.0 Å². The molecule has 0 bridgehead atoms. The number of amides is 1. The fourth-order valence-electron chi connectivity index (χ4n) is 2.39. The highest BCUT2D eigenvalue weighted by molar-refractivity contribution is 7.92. The zero-order chi connectivity index (χ0) is 20.1. The van der Waals surface area contributed by atoms with Gasteiger partial charge in [0.25, 0.3) is 15.9 Å². The normalized spacial score (nSPS) is 11.4. The third kappa shape index (κ3) is 5.92. The molecule has 0 saturated heterocycles. The maximum absolute atomic E-state index is 13.7. The third-order valence-corrected chi connectivity index (χ3v) is 5.94. The summed E-state index contributed by atoms with van der Waals surface area (Å²) in [5.74, 6) is -1.01. The molecule has 0 saturated carbocycles. The molecule has 9 heteroatoms. The Balaban J connectivity index is 0.00000392. The Morgan fingerprint density at radius 2 is 1.64 bits per heavy atom. The van der Waals surface area contributed by atoms with Gasteiger partial charge in [0.1, 0.15) is 5.82 Å². The Kier molecular flexibility index (Phi) is 8.41. The number of hydrogen-bond donors (Lipinski definition) is 3. The molecule has 1 amide bonds. The molecule has 0 fully saturated rings. The predicted octanol–water partition coefficient (Wildman–Crippen LogP) is 3.30. The summed E-state index contributed by atoms with van der Waals surface area (Å²) in [6, 6.07) is 10.9. The second-order valence-corrected chi connectivity index (χ2v) is 8.04. The van der Waals surface area contributed by atoms with Crippen molar-refractivity contribution in [2.75, 3.05) is 11.3 Å². The van der Waals surface area contributed by atoms with Crippen molar-refractivity contribution >= 4 is 34.0 Å². The number of rotatable bonds is 8. The van der Waals surface area contributed by atoms with E-state index in [2.05, 4.69) is 10.0 Å². The molecule has 0 unspecified atom stereocenters. The quantitative estimate of drug-likeness (QED) is 0.599. The minimum Gasteiger partial charge on any atom is -0.350 e. The smallest absolute Gasteiger partial charge is 0.261 e. The first kappa shape index (κ1) is 23.9. The zero-order valence-corrected chi connectivity index (χ0v) is 17.4. The van der Waals surface area contributed by atoms with Crippen LogP contribution in [0.15, 0.2) is 53.4 Å². The molecule has 154 valence electrons. The SMILES string of the molecule is CCC(N)(CC)CNC(=O)c1ccc(S(=O)(=O)Nc2ccccc2F)cc1.Cl. The number of sulfonamides is 1. The predicted molar refractivity (Wildman–Crippen MR) is 111 cm³/mol. The Labute approximate surface area is 171 Å². The second-order valence-electron chi connectivity index (χ2n) is 6.36. The van der Waals surface area contributed by atoms with Gasteiger partial charge in [0.05, 0.1) is 10.6 Å². The average Bonchev–Trinajstić information content (AvgIpc) is 2.67. The van der Waals surface area contributed by atoms with Crippen molar-refractivity contribution in [3.63, 3.8) is 0 Å². The van der Waals surface area contributed by atoms with Crippen molar-refractivity contribution < 1.29 is 17.6 Å². The number of carbonyl (C=O) groups is 1. The molecular formula is C19H25ClFN3O3S. The second kappa shape index (κ2) is 9.86. The summed E-state index contributed by atoms with van der Waals surface area (Å²) >= 11 is 0. The lowest BCUT2D eigenvalue weighted by Crippen LogP contribution is -2.49. The number of anilines is 1. The van der Waals surface area contributed by atoms with E-state index in [9.17, 15) is 17.6 Å². The van der Waals surface area contributed by atoms with E-state index >= 15 is 0 Å². The van der Waals surface area contributed by atoms with Crippen molar-refractivity contribution in [3.05, 3.63) is 59.9 Å². The van der Waals surface area contributed by atoms with Gasteiger partial charge in [0.15, 0.2) is 0 Å². The topological polar surface area (TPSA) is 101 Å². The van der Waals surface area contributed by atoms with Gasteiger partial charge in [-0.05, 0) is 49.2 Å². The fraction of sp³-hybridized carbons (Fsp3) is 0.316. The standard InChI is InChI=1S/C19H24FN3O3S.ClH/c1-3-19(21,4-2)13-22-18(24)14-9-11-15(12-10-14)27(25,26)23-17-8-6-5-7-16(17)20;/h5-12,23H,3-4,13,21H2,1-2H3,(H,22,24);1H. The maximum Gasteiger partial charge on any atom is 0.261 e. The fourth-order valence-corrected chi connectivity index (χ4v) is 3.46. The number of para-hydroxylation sites is 1. The van der Waals surface area contributed by atoms with Crippen LogP contribution in [0.4, 0.5) is 10.1 Å². The van der Waals surface area contributed by atoms with Crippen LogP contribution >= 0.6 is 12.4 Å². The van der Waals surface area contributed by atoms with Gasteiger partial charge in [-0.1, -0.05) is 26.0 Å². The molecule has 6 nitrogen and oxygen atoms in total. The highest BCUT2D eigenvalue weighted by Crippen LogP contribution is 2.19. The Morgan fingerprint density at radius 3 is 2.18 bits per heavy atom. The largest absolute Gasteiger partial charge is 0.350 e. The van der Waals surface area contributed by atoms with Gasteiger partial charge in [-0.2, -0.15) is 0 Å². The summed E-state index contributed by atoms with van der Waals surface area (Å²) in [7, 11) is -3.96. The average molecular weight is 430 g/mol. The van der Waals surface area contributed by atoms with Crippen molar-refractivity contribution in [2.24, 2.45) is 5.73 Å². The molecule has 0 atom stereocenters. The van der Waals surface area contributed by atoms with Crippen LogP contribution in [0.25, 0.3) is 0 Å². The molecule has 0 aliphatic carbocycles. The molecule has 0 spiro atoms. The Bertz CT molecular complexity index is 901. The van der Waals surface area contributed by atoms with E-state index in [0.29, 0.717) is 12.1 Å². The summed E-state index contributed by atoms with van der Waals surface area (Å²) < 4.78 is 40.6. The van der Waals surface area contributed by atoms with Crippen molar-refractivity contribution in [2.45, 2.75) is 37.1 Å². The molecule has 0 aliphatic heterocycles. The van der Waals surface area contributed by atoms with Crippen molar-refractivity contribution in [3.8, 4) is 0 Å². The van der Waals surface area contributed by atoms with E-state index in [-0.39, 0.29) is 28.9 Å². The number of carbonyl (C=O) groups excluding carboxylic acids is 1. The molecule has 0 radical (unpaired) electrons. The highest BCUT2D eigenvalue weighted by atomic mass is 35.5. The van der Waals surface area contributed by atoms with Gasteiger partial charge < -0.3 is 11.1 Å². The van der Waals surface area contributed by atoms with E-state index < -0.39 is 21.4 Å². The maximum atomic E-state index is 13.7. The lowest BCUT2D eigenvalue weighted by Gasteiger charge is -2.26. The minimum atomic E-state index is -3.96. The van der Waals surface area contributed by atoms with E-state index in [4.69, 9.17) is 5.73 Å². The Hall–Kier alpha value is -2.16. The van der Waals surface area contributed by atoms with Gasteiger partial charge in [-0.3, -0.25) is 9.52 Å². The van der Waals surface area contributed by atoms with Gasteiger partial charge in [-0.25, -0.2) is 12.8 Å². The molecule has 0 heterocycles. The monoisotopic (exact) mass is 429 g/mol. The third-order valence-electron chi connectivity index (χ3n) is 4.55. The van der Waals surface area contributed by atoms with E-state index in [1.165, 1.54) is 42.5 Å². The van der Waals surface area contributed by atoms with Crippen LogP contribution in [0.2, 0.25) is 0 Å². The zero-order valence-electron chi connectivity index (χ0n) is 15.7. The van der Waals surface area contributed by atoms with Crippen LogP contribution in [0, 0.1) is 5.82 Å². The molecule has 2 rings (SSSR count). The first-order valence-corrected chi connectivity index (χ1v) is 10.1. The molecule has 2 aromatic rings. The molecule has 0 aliphatic rings. The van der Waals surface area contributed by atoms with Crippen LogP contribution in [0.3, 0.4) is 0 Å². The van der Waals surface area contributed by atoms with Crippen molar-refractivity contribution in [1.82, 2.24) is 5.32 Å². The highest BCUT2D eigenvalue weighted by Gasteiger charge is 2.22. The summed E-state index contributed by atoms with van der Waals surface area (Å²) in [5, 5.41) is 2.77. The summed E-state index contributed by atoms with van der Waals surface area (Å²) in [5.41, 5.74) is 5.86. The summed E-state index contributed by atoms with van der Waals surface area (Å²) in [4.78, 5) is 12.2. The Morgan fingerprint density at radius 1 is 1.07 bits per heavy atom. The molecule has 2 aromatic carbocycles. The van der Waals surface area contributed by atoms with E-state index in [1.807, 2.05) is 13.8 Å². The van der Waals surface area contributed by atoms with Gasteiger partial charge in [-0.15, -0.1) is 12.4 Å². The van der Waals surface area contributed by atoms with E-state index in [1.54, 1.807) is 0 Å². The minimum absolute atomic E-state index is 0. The number of nitrogens with one attached hydrogen (secondary N) is 2. The van der Waals surface area contributed by atoms with Gasteiger partial charge in [0.2, 0.25) is 0 Å². The number of hydrogen-bond acceptors (Lipinski definition) is 4. The first-order valence-electron chi connectivity index (χ1n) is 8.65. The molecule has 28 heavy (non-hydrogen) atoms. The van der Waals surface area contributed by atoms with Crippen LogP contribution in [0.1, 0.15) is 37.0 Å². The van der Waals surface area contributed by atoms with Gasteiger partial charge in [0, 0.05) is 17.6 Å². The summed E-state index contributed by atoms with van der Waals surface area (Å²) in [6.07, 6.45) is 1.45. The lowest BCUT2D eigenvalue weighted by atomic mass is 9.94. The molecule has 4 N–H and O–H groups in total. The van der Waals surface area contributed by atoms with Crippen LogP contribution in [0.5, 0.6) is 0 Å². The van der Waals surface area contributed by atoms with Crippen molar-refractivity contribution in [1.29, 1.82) is 0 Å². The molecular weight excluding hydrogens is 405 g/mol.